The Morgan fingerprint density at radius 3 is 2.72 bits per heavy atom. The van der Waals surface area contributed by atoms with Gasteiger partial charge in [0, 0.05) is 33.9 Å². The Bertz CT molecular complexity index is 1300. The highest BCUT2D eigenvalue weighted by molar-refractivity contribution is 7.80. The van der Waals surface area contributed by atoms with Crippen LogP contribution in [0.1, 0.15) is 22.9 Å². The van der Waals surface area contributed by atoms with Crippen LogP contribution in [0.2, 0.25) is 5.02 Å². The number of nitrogens with zero attached hydrogens (tertiary/aromatic N) is 1. The second-order valence-electron chi connectivity index (χ2n) is 7.77. The number of benzene rings is 3. The van der Waals surface area contributed by atoms with Crippen LogP contribution in [-0.2, 0) is 6.42 Å². The average molecular weight is 466 g/mol. The molecule has 0 bridgehead atoms. The lowest BCUT2D eigenvalue weighted by Gasteiger charge is -2.38. The minimum atomic E-state index is -0.307. The third-order valence-corrected chi connectivity index (χ3v) is 6.43. The summed E-state index contributed by atoms with van der Waals surface area (Å²) in [6.45, 7) is 0.713. The van der Waals surface area contributed by atoms with Crippen molar-refractivity contribution in [2.45, 2.75) is 12.5 Å². The zero-order valence-electron chi connectivity index (χ0n) is 17.4. The second-order valence-corrected chi connectivity index (χ2v) is 8.59. The number of aromatic amines is 1. The lowest BCUT2D eigenvalue weighted by Crippen LogP contribution is -2.42. The maximum absolute atomic E-state index is 13.7. The molecule has 3 aromatic carbocycles. The molecule has 0 spiro atoms. The summed E-state index contributed by atoms with van der Waals surface area (Å²) >= 11 is 12.1. The van der Waals surface area contributed by atoms with Crippen molar-refractivity contribution in [3.8, 4) is 5.75 Å². The highest BCUT2D eigenvalue weighted by atomic mass is 35.5. The minimum Gasteiger partial charge on any atom is -0.497 e. The van der Waals surface area contributed by atoms with Gasteiger partial charge in [0.2, 0.25) is 0 Å². The molecule has 32 heavy (non-hydrogen) atoms. The molecule has 1 aromatic heterocycles. The molecular formula is C25H21ClFN3OS. The van der Waals surface area contributed by atoms with Crippen LogP contribution >= 0.6 is 23.8 Å². The van der Waals surface area contributed by atoms with E-state index in [-0.39, 0.29) is 11.9 Å². The number of hydrogen-bond acceptors (Lipinski definition) is 2. The van der Waals surface area contributed by atoms with E-state index in [0.717, 1.165) is 34.3 Å². The van der Waals surface area contributed by atoms with Gasteiger partial charge in [-0.1, -0.05) is 29.8 Å². The summed E-state index contributed by atoms with van der Waals surface area (Å²) in [4.78, 5) is 5.74. The number of fused-ring (bicyclic) bond motifs is 3. The third-order valence-electron chi connectivity index (χ3n) is 5.86. The maximum Gasteiger partial charge on any atom is 0.174 e. The van der Waals surface area contributed by atoms with E-state index in [4.69, 9.17) is 28.6 Å². The van der Waals surface area contributed by atoms with Crippen molar-refractivity contribution >= 4 is 45.5 Å². The van der Waals surface area contributed by atoms with Crippen molar-refractivity contribution in [1.29, 1.82) is 0 Å². The number of anilines is 1. The Morgan fingerprint density at radius 1 is 1.16 bits per heavy atom. The van der Waals surface area contributed by atoms with Crippen LogP contribution in [0.25, 0.3) is 10.9 Å². The molecule has 1 unspecified atom stereocenters. The van der Waals surface area contributed by atoms with E-state index in [0.29, 0.717) is 22.4 Å². The van der Waals surface area contributed by atoms with Gasteiger partial charge in [-0.25, -0.2) is 4.39 Å². The lowest BCUT2D eigenvalue weighted by atomic mass is 9.92. The maximum atomic E-state index is 13.7. The molecule has 0 aliphatic carbocycles. The van der Waals surface area contributed by atoms with Crippen LogP contribution in [-0.4, -0.2) is 28.7 Å². The first-order chi connectivity index (χ1) is 15.5. The number of thiocarbonyl (C=S) groups is 1. The monoisotopic (exact) mass is 465 g/mol. The van der Waals surface area contributed by atoms with E-state index >= 15 is 0 Å². The molecule has 2 heterocycles. The van der Waals surface area contributed by atoms with E-state index < -0.39 is 0 Å². The quantitative estimate of drug-likeness (QED) is 0.348. The van der Waals surface area contributed by atoms with Gasteiger partial charge in [-0.2, -0.15) is 0 Å². The molecule has 4 nitrogen and oxygen atoms in total. The smallest absolute Gasteiger partial charge is 0.174 e. The van der Waals surface area contributed by atoms with E-state index in [1.807, 2.05) is 30.3 Å². The molecule has 1 atom stereocenters. The third kappa shape index (κ3) is 3.80. The fraction of sp³-hybridized carbons (Fsp3) is 0.160. The van der Waals surface area contributed by atoms with Crippen LogP contribution in [0.3, 0.4) is 0 Å². The Hall–Kier alpha value is -3.09. The number of H-pyrrole nitrogens is 1. The number of ether oxygens (including phenoxy) is 1. The molecule has 0 fully saturated rings. The van der Waals surface area contributed by atoms with Gasteiger partial charge in [-0.3, -0.25) is 0 Å². The molecule has 2 N–H and O–H groups in total. The van der Waals surface area contributed by atoms with Crippen molar-refractivity contribution in [1.82, 2.24) is 9.88 Å². The van der Waals surface area contributed by atoms with Gasteiger partial charge in [-0.15, -0.1) is 0 Å². The van der Waals surface area contributed by atoms with Gasteiger partial charge >= 0.3 is 0 Å². The summed E-state index contributed by atoms with van der Waals surface area (Å²) in [6.07, 6.45) is 0.813. The van der Waals surface area contributed by atoms with E-state index in [1.165, 1.54) is 17.7 Å². The predicted molar refractivity (Wildman–Crippen MR) is 131 cm³/mol. The molecule has 0 saturated heterocycles. The van der Waals surface area contributed by atoms with Gasteiger partial charge in [0.05, 0.1) is 13.2 Å². The lowest BCUT2D eigenvalue weighted by molar-refractivity contribution is 0.339. The summed E-state index contributed by atoms with van der Waals surface area (Å²) in [5, 5.41) is 5.59. The molecule has 0 saturated carbocycles. The van der Waals surface area contributed by atoms with Gasteiger partial charge in [-0.05, 0) is 78.3 Å². The van der Waals surface area contributed by atoms with E-state index in [1.54, 1.807) is 19.2 Å². The zero-order chi connectivity index (χ0) is 22.2. The molecular weight excluding hydrogens is 445 g/mol. The molecule has 1 aliphatic heterocycles. The van der Waals surface area contributed by atoms with Gasteiger partial charge in [0.15, 0.2) is 5.11 Å². The Kier molecular flexibility index (Phi) is 5.49. The van der Waals surface area contributed by atoms with Crippen molar-refractivity contribution in [3.05, 3.63) is 94.4 Å². The van der Waals surface area contributed by atoms with Gasteiger partial charge in [0.1, 0.15) is 11.6 Å². The molecule has 5 rings (SSSR count). The van der Waals surface area contributed by atoms with E-state index in [9.17, 15) is 4.39 Å². The SMILES string of the molecule is COc1ccc(C2c3[nH]c4ccc(Cl)cc4c3CCN2C(=S)Nc2cccc(F)c2)cc1. The number of aromatic nitrogens is 1. The minimum absolute atomic E-state index is 0.135. The summed E-state index contributed by atoms with van der Waals surface area (Å²) in [5.41, 5.74) is 5.07. The number of halogens is 2. The summed E-state index contributed by atoms with van der Waals surface area (Å²) < 4.78 is 19.0. The molecule has 1 aliphatic rings. The second kappa shape index (κ2) is 8.45. The average Bonchev–Trinajstić information content (AvgIpc) is 3.16. The molecule has 0 radical (unpaired) electrons. The summed E-state index contributed by atoms with van der Waals surface area (Å²) in [5.74, 6) is 0.484. The number of methoxy groups -OCH3 is 1. The first-order valence-corrected chi connectivity index (χ1v) is 11.1. The first kappa shape index (κ1) is 20.8. The van der Waals surface area contributed by atoms with Crippen LogP contribution in [0.15, 0.2) is 66.7 Å². The van der Waals surface area contributed by atoms with E-state index in [2.05, 4.69) is 27.3 Å². The van der Waals surface area contributed by atoms with Crippen LogP contribution in [0.5, 0.6) is 5.75 Å². The highest BCUT2D eigenvalue weighted by Gasteiger charge is 2.33. The molecule has 0 amide bonds. The fourth-order valence-electron chi connectivity index (χ4n) is 4.37. The normalized spacial score (nSPS) is 15.5. The van der Waals surface area contributed by atoms with Crippen LogP contribution in [0.4, 0.5) is 10.1 Å². The van der Waals surface area contributed by atoms with Crippen molar-refractivity contribution in [3.63, 3.8) is 0 Å². The Morgan fingerprint density at radius 2 is 1.97 bits per heavy atom. The number of rotatable bonds is 3. The van der Waals surface area contributed by atoms with Crippen LogP contribution < -0.4 is 10.1 Å². The largest absolute Gasteiger partial charge is 0.497 e. The van der Waals surface area contributed by atoms with Crippen molar-refractivity contribution in [2.24, 2.45) is 0 Å². The molecule has 162 valence electrons. The van der Waals surface area contributed by atoms with Crippen LogP contribution in [0, 0.1) is 5.82 Å². The standard InChI is InChI=1S/C25H21ClFN3OS/c1-31-19-8-5-15(6-9-19)24-23-20(21-13-16(26)7-10-22(21)29-23)11-12-30(24)25(32)28-18-4-2-3-17(27)14-18/h2-10,13-14,24,29H,11-12H2,1H3,(H,28,32). The number of hydrogen-bond donors (Lipinski definition) is 2. The van der Waals surface area contributed by atoms with Crippen molar-refractivity contribution in [2.75, 3.05) is 19.0 Å². The Labute approximate surface area is 196 Å². The highest BCUT2D eigenvalue weighted by Crippen LogP contribution is 2.39. The Balaban J connectivity index is 1.58. The van der Waals surface area contributed by atoms with Gasteiger partial charge < -0.3 is 19.9 Å². The fourth-order valence-corrected chi connectivity index (χ4v) is 4.86. The van der Waals surface area contributed by atoms with Gasteiger partial charge in [0.25, 0.3) is 0 Å². The number of nitrogens with one attached hydrogen (secondary N) is 2. The predicted octanol–water partition coefficient (Wildman–Crippen LogP) is 6.31. The topological polar surface area (TPSA) is 40.3 Å². The van der Waals surface area contributed by atoms with Crippen molar-refractivity contribution < 1.29 is 9.13 Å². The molecule has 7 heteroatoms. The summed E-state index contributed by atoms with van der Waals surface area (Å²) in [7, 11) is 1.65. The molecule has 4 aromatic rings. The summed E-state index contributed by atoms with van der Waals surface area (Å²) in [6, 6.07) is 20.1. The first-order valence-electron chi connectivity index (χ1n) is 10.3. The zero-order valence-corrected chi connectivity index (χ0v) is 18.9.